The second-order valence-corrected chi connectivity index (χ2v) is 4.83. The number of hydrogen-bond donors (Lipinski definition) is 2. The summed E-state index contributed by atoms with van der Waals surface area (Å²) in [6.07, 6.45) is -2.23. The van der Waals surface area contributed by atoms with E-state index in [0.29, 0.717) is 12.0 Å². The number of nitrogens with zero attached hydrogens (tertiary/aromatic N) is 1. The molecular weight excluding hydrogens is 271 g/mol. The first-order valence-electron chi connectivity index (χ1n) is 6.19. The van der Waals surface area contributed by atoms with Crippen LogP contribution in [0.1, 0.15) is 29.5 Å². The lowest BCUT2D eigenvalue weighted by molar-refractivity contribution is -0.138. The van der Waals surface area contributed by atoms with Crippen LogP contribution in [0.25, 0.3) is 0 Å². The Bertz CT molecular complexity index is 536. The molecule has 0 amide bonds. The molecule has 20 heavy (non-hydrogen) atoms. The Labute approximate surface area is 114 Å². The normalized spacial score (nSPS) is 16.3. The Morgan fingerprint density at radius 2 is 2.05 bits per heavy atom. The molecular formula is C13H16F3N3O. The largest absolute Gasteiger partial charge is 0.496 e. The quantitative estimate of drug-likeness (QED) is 0.386. The summed E-state index contributed by atoms with van der Waals surface area (Å²) in [6, 6.07) is 2.25. The van der Waals surface area contributed by atoms with Gasteiger partial charge in [-0.05, 0) is 37.3 Å². The van der Waals surface area contributed by atoms with Gasteiger partial charge in [-0.15, -0.1) is 0 Å². The third kappa shape index (κ3) is 2.81. The summed E-state index contributed by atoms with van der Waals surface area (Å²) in [7, 11) is 1.32. The topological polar surface area (TPSA) is 73.6 Å². The lowest BCUT2D eigenvalue weighted by atomic mass is 9.96. The number of amidine groups is 1. The van der Waals surface area contributed by atoms with Gasteiger partial charge in [0.2, 0.25) is 0 Å². The van der Waals surface area contributed by atoms with Crippen molar-refractivity contribution in [2.45, 2.75) is 25.4 Å². The van der Waals surface area contributed by atoms with Crippen LogP contribution in [0.15, 0.2) is 17.2 Å². The molecule has 1 aromatic carbocycles. The average Bonchev–Trinajstić information content (AvgIpc) is 3.19. The van der Waals surface area contributed by atoms with Gasteiger partial charge in [0.1, 0.15) is 5.75 Å². The van der Waals surface area contributed by atoms with Gasteiger partial charge >= 0.3 is 6.18 Å². The van der Waals surface area contributed by atoms with Crippen molar-refractivity contribution in [1.29, 1.82) is 0 Å². The van der Waals surface area contributed by atoms with Gasteiger partial charge in [-0.2, -0.15) is 18.3 Å². The first kappa shape index (κ1) is 14.5. The lowest BCUT2D eigenvalue weighted by Crippen LogP contribution is -2.19. The molecule has 1 fully saturated rings. The van der Waals surface area contributed by atoms with Gasteiger partial charge in [-0.25, -0.2) is 0 Å². The second kappa shape index (κ2) is 5.22. The Morgan fingerprint density at radius 1 is 1.40 bits per heavy atom. The SMILES string of the molecule is COc1c(/C(N)=N/N)ccc(C(F)(F)F)c1CC1CC1. The zero-order valence-electron chi connectivity index (χ0n) is 11.0. The van der Waals surface area contributed by atoms with E-state index in [1.165, 1.54) is 13.2 Å². The van der Waals surface area contributed by atoms with Gasteiger partial charge in [0.25, 0.3) is 0 Å². The van der Waals surface area contributed by atoms with Crippen LogP contribution in [0.5, 0.6) is 5.75 Å². The van der Waals surface area contributed by atoms with Crippen molar-refractivity contribution in [3.8, 4) is 5.75 Å². The molecule has 7 heteroatoms. The zero-order chi connectivity index (χ0) is 14.9. The smallest absolute Gasteiger partial charge is 0.416 e. The van der Waals surface area contributed by atoms with Crippen molar-refractivity contribution in [1.82, 2.24) is 0 Å². The van der Waals surface area contributed by atoms with Crippen LogP contribution in [0, 0.1) is 5.92 Å². The molecule has 1 aromatic rings. The highest BCUT2D eigenvalue weighted by atomic mass is 19.4. The molecule has 4 N–H and O–H groups in total. The van der Waals surface area contributed by atoms with E-state index >= 15 is 0 Å². The third-order valence-electron chi connectivity index (χ3n) is 3.37. The molecule has 1 aliphatic carbocycles. The van der Waals surface area contributed by atoms with Gasteiger partial charge in [-0.3, -0.25) is 0 Å². The van der Waals surface area contributed by atoms with E-state index in [1.54, 1.807) is 0 Å². The van der Waals surface area contributed by atoms with E-state index in [2.05, 4.69) is 5.10 Å². The van der Waals surface area contributed by atoms with Crippen molar-refractivity contribution >= 4 is 5.84 Å². The standard InChI is InChI=1S/C13H16F3N3O/c1-20-11-8(12(17)19-18)4-5-10(13(14,15)16)9(11)6-7-2-3-7/h4-5,7H,2-3,6,18H2,1H3,(H2,17,19). The molecule has 0 saturated heterocycles. The number of benzene rings is 1. The Balaban J connectivity index is 2.60. The van der Waals surface area contributed by atoms with E-state index < -0.39 is 11.7 Å². The van der Waals surface area contributed by atoms with Crippen molar-refractivity contribution < 1.29 is 17.9 Å². The number of hydrogen-bond acceptors (Lipinski definition) is 3. The maximum absolute atomic E-state index is 13.1. The maximum Gasteiger partial charge on any atom is 0.416 e. The summed E-state index contributed by atoms with van der Waals surface area (Å²) >= 11 is 0. The molecule has 110 valence electrons. The summed E-state index contributed by atoms with van der Waals surface area (Å²) in [4.78, 5) is 0. The number of hydrazone groups is 1. The highest BCUT2D eigenvalue weighted by Crippen LogP contribution is 2.42. The molecule has 0 aromatic heterocycles. The van der Waals surface area contributed by atoms with E-state index in [0.717, 1.165) is 18.9 Å². The molecule has 0 radical (unpaired) electrons. The van der Waals surface area contributed by atoms with Crippen LogP contribution >= 0.6 is 0 Å². The molecule has 0 heterocycles. The van der Waals surface area contributed by atoms with Crippen LogP contribution in [0.2, 0.25) is 0 Å². The van der Waals surface area contributed by atoms with Crippen molar-refractivity contribution in [2.75, 3.05) is 7.11 Å². The number of halogens is 3. The Hall–Kier alpha value is -1.92. The number of ether oxygens (including phenoxy) is 1. The van der Waals surface area contributed by atoms with Crippen molar-refractivity contribution in [2.24, 2.45) is 22.6 Å². The van der Waals surface area contributed by atoms with Gasteiger partial charge in [0.15, 0.2) is 5.84 Å². The predicted octanol–water partition coefficient (Wildman–Crippen LogP) is 2.25. The minimum atomic E-state index is -4.43. The third-order valence-corrected chi connectivity index (χ3v) is 3.37. The van der Waals surface area contributed by atoms with Crippen LogP contribution in [-0.4, -0.2) is 12.9 Å². The van der Waals surface area contributed by atoms with E-state index in [1.807, 2.05) is 0 Å². The fourth-order valence-electron chi connectivity index (χ4n) is 2.21. The molecule has 0 bridgehead atoms. The highest BCUT2D eigenvalue weighted by Gasteiger charge is 2.37. The van der Waals surface area contributed by atoms with E-state index in [4.69, 9.17) is 16.3 Å². The fourth-order valence-corrected chi connectivity index (χ4v) is 2.21. The van der Waals surface area contributed by atoms with Gasteiger partial charge in [0.05, 0.1) is 18.2 Å². The molecule has 0 spiro atoms. The minimum absolute atomic E-state index is 0.0485. The molecule has 0 unspecified atom stereocenters. The average molecular weight is 287 g/mol. The Morgan fingerprint density at radius 3 is 2.50 bits per heavy atom. The highest BCUT2D eigenvalue weighted by molar-refractivity contribution is 6.00. The first-order valence-corrected chi connectivity index (χ1v) is 6.19. The van der Waals surface area contributed by atoms with Gasteiger partial charge in [-0.1, -0.05) is 0 Å². The Kier molecular flexibility index (Phi) is 3.78. The fraction of sp³-hybridized carbons (Fsp3) is 0.462. The number of rotatable bonds is 4. The number of nitrogens with two attached hydrogens (primary N) is 2. The summed E-state index contributed by atoms with van der Waals surface area (Å²) < 4.78 is 44.5. The van der Waals surface area contributed by atoms with Gasteiger partial charge in [0, 0.05) is 5.56 Å². The molecule has 1 aliphatic rings. The maximum atomic E-state index is 13.1. The minimum Gasteiger partial charge on any atom is -0.496 e. The predicted molar refractivity (Wildman–Crippen MR) is 69.3 cm³/mol. The van der Waals surface area contributed by atoms with E-state index in [9.17, 15) is 13.2 Å². The van der Waals surface area contributed by atoms with Crippen LogP contribution < -0.4 is 16.3 Å². The molecule has 4 nitrogen and oxygen atoms in total. The first-order chi connectivity index (χ1) is 9.38. The second-order valence-electron chi connectivity index (χ2n) is 4.83. The molecule has 0 atom stereocenters. The summed E-state index contributed by atoms with van der Waals surface area (Å²) in [5, 5.41) is 3.33. The van der Waals surface area contributed by atoms with Gasteiger partial charge < -0.3 is 16.3 Å². The van der Waals surface area contributed by atoms with Crippen LogP contribution in [0.4, 0.5) is 13.2 Å². The van der Waals surface area contributed by atoms with Crippen LogP contribution in [0.3, 0.4) is 0 Å². The summed E-state index contributed by atoms with van der Waals surface area (Å²) in [5.41, 5.74) is 5.35. The lowest BCUT2D eigenvalue weighted by Gasteiger charge is -2.19. The van der Waals surface area contributed by atoms with E-state index in [-0.39, 0.29) is 23.1 Å². The summed E-state index contributed by atoms with van der Waals surface area (Å²) in [5.74, 6) is 5.44. The summed E-state index contributed by atoms with van der Waals surface area (Å²) in [6.45, 7) is 0. The molecule has 2 rings (SSSR count). The number of alkyl halides is 3. The zero-order valence-corrected chi connectivity index (χ0v) is 11.0. The van der Waals surface area contributed by atoms with Crippen molar-refractivity contribution in [3.63, 3.8) is 0 Å². The molecule has 1 saturated carbocycles. The van der Waals surface area contributed by atoms with Crippen molar-refractivity contribution in [3.05, 3.63) is 28.8 Å². The molecule has 0 aliphatic heterocycles. The van der Waals surface area contributed by atoms with Crippen LogP contribution in [-0.2, 0) is 12.6 Å². The number of methoxy groups -OCH3 is 1. The monoisotopic (exact) mass is 287 g/mol.